The van der Waals surface area contributed by atoms with Crippen LogP contribution in [-0.4, -0.2) is 34.9 Å². The molecule has 0 spiro atoms. The van der Waals surface area contributed by atoms with Crippen molar-refractivity contribution >= 4 is 11.8 Å². The molecule has 0 unspecified atom stereocenters. The van der Waals surface area contributed by atoms with E-state index in [4.69, 9.17) is 4.42 Å². The van der Waals surface area contributed by atoms with Gasteiger partial charge in [0.2, 0.25) is 0 Å². The van der Waals surface area contributed by atoms with E-state index in [9.17, 15) is 9.59 Å². The van der Waals surface area contributed by atoms with Crippen LogP contribution in [0.25, 0.3) is 0 Å². The molecule has 0 fully saturated rings. The number of furan rings is 1. The van der Waals surface area contributed by atoms with Crippen molar-refractivity contribution in [2.24, 2.45) is 0 Å². The van der Waals surface area contributed by atoms with Crippen molar-refractivity contribution in [3.05, 3.63) is 48.4 Å². The lowest BCUT2D eigenvalue weighted by Crippen LogP contribution is -2.34. The topological polar surface area (TPSA) is 97.1 Å². The first-order valence-electron chi connectivity index (χ1n) is 5.63. The molecule has 0 aromatic carbocycles. The van der Waals surface area contributed by atoms with Gasteiger partial charge in [-0.05, 0) is 18.2 Å². The summed E-state index contributed by atoms with van der Waals surface area (Å²) in [6.07, 6.45) is 4.21. The zero-order valence-corrected chi connectivity index (χ0v) is 10.00. The molecule has 19 heavy (non-hydrogen) atoms. The van der Waals surface area contributed by atoms with Crippen LogP contribution in [0, 0.1) is 0 Å². The standard InChI is InChI=1S/C12H12N4O3/c17-11(9-3-4-13-8-16-9)14-5-6-15-12(18)10-2-1-7-19-10/h1-4,7-8H,5-6H2,(H,14,17)(H,15,18). The number of hydrogen-bond donors (Lipinski definition) is 2. The molecule has 0 saturated heterocycles. The lowest BCUT2D eigenvalue weighted by Gasteiger charge is -2.05. The maximum atomic E-state index is 11.6. The van der Waals surface area contributed by atoms with Crippen LogP contribution in [0.15, 0.2) is 41.4 Å². The molecular weight excluding hydrogens is 248 g/mol. The molecular formula is C12H12N4O3. The molecule has 2 aromatic heterocycles. The second kappa shape index (κ2) is 6.29. The van der Waals surface area contributed by atoms with Gasteiger partial charge >= 0.3 is 0 Å². The molecule has 0 atom stereocenters. The van der Waals surface area contributed by atoms with Gasteiger partial charge in [0.05, 0.1) is 6.26 Å². The summed E-state index contributed by atoms with van der Waals surface area (Å²) in [5.74, 6) is -0.391. The maximum Gasteiger partial charge on any atom is 0.287 e. The number of nitrogens with one attached hydrogen (secondary N) is 2. The third-order valence-electron chi connectivity index (χ3n) is 2.26. The molecule has 2 aromatic rings. The van der Waals surface area contributed by atoms with Gasteiger partial charge in [-0.2, -0.15) is 0 Å². The monoisotopic (exact) mass is 260 g/mol. The zero-order chi connectivity index (χ0) is 13.5. The molecule has 0 aliphatic rings. The average molecular weight is 260 g/mol. The van der Waals surface area contributed by atoms with E-state index in [-0.39, 0.29) is 23.3 Å². The van der Waals surface area contributed by atoms with Gasteiger partial charge in [-0.3, -0.25) is 9.59 Å². The minimum atomic E-state index is -0.318. The Morgan fingerprint density at radius 1 is 1.16 bits per heavy atom. The number of nitrogens with zero attached hydrogens (tertiary/aromatic N) is 2. The van der Waals surface area contributed by atoms with E-state index in [0.29, 0.717) is 13.1 Å². The Kier molecular flexibility index (Phi) is 4.22. The second-order valence-electron chi connectivity index (χ2n) is 3.58. The molecule has 0 radical (unpaired) electrons. The molecule has 7 nitrogen and oxygen atoms in total. The van der Waals surface area contributed by atoms with Crippen LogP contribution in [0.4, 0.5) is 0 Å². The van der Waals surface area contributed by atoms with Crippen molar-refractivity contribution in [1.82, 2.24) is 20.6 Å². The summed E-state index contributed by atoms with van der Waals surface area (Å²) in [5, 5.41) is 5.24. The van der Waals surface area contributed by atoms with Crippen LogP contribution in [0.3, 0.4) is 0 Å². The second-order valence-corrected chi connectivity index (χ2v) is 3.58. The molecule has 2 amide bonds. The third kappa shape index (κ3) is 3.63. The van der Waals surface area contributed by atoms with Crippen LogP contribution in [0.5, 0.6) is 0 Å². The Morgan fingerprint density at radius 2 is 1.95 bits per heavy atom. The number of carbonyl (C=O) groups excluding carboxylic acids is 2. The van der Waals surface area contributed by atoms with Gasteiger partial charge in [0, 0.05) is 19.3 Å². The van der Waals surface area contributed by atoms with E-state index in [1.807, 2.05) is 0 Å². The first-order chi connectivity index (χ1) is 9.27. The van der Waals surface area contributed by atoms with Gasteiger partial charge in [-0.15, -0.1) is 0 Å². The first kappa shape index (κ1) is 12.7. The van der Waals surface area contributed by atoms with E-state index in [2.05, 4.69) is 20.6 Å². The first-order valence-corrected chi connectivity index (χ1v) is 5.63. The molecule has 98 valence electrons. The van der Waals surface area contributed by atoms with Crippen LogP contribution < -0.4 is 10.6 Å². The fourth-order valence-electron chi connectivity index (χ4n) is 1.36. The Bertz CT molecular complexity index is 539. The van der Waals surface area contributed by atoms with Crippen molar-refractivity contribution in [1.29, 1.82) is 0 Å². The smallest absolute Gasteiger partial charge is 0.287 e. The lowest BCUT2D eigenvalue weighted by molar-refractivity contribution is 0.0909. The minimum absolute atomic E-state index is 0.238. The van der Waals surface area contributed by atoms with E-state index in [1.165, 1.54) is 24.9 Å². The third-order valence-corrected chi connectivity index (χ3v) is 2.26. The largest absolute Gasteiger partial charge is 0.459 e. The van der Waals surface area contributed by atoms with Gasteiger partial charge in [0.25, 0.3) is 11.8 Å². The number of amides is 2. The average Bonchev–Trinajstić information content (AvgIpc) is 2.98. The lowest BCUT2D eigenvalue weighted by atomic mass is 10.4. The molecule has 2 heterocycles. The summed E-state index contributed by atoms with van der Waals surface area (Å²) >= 11 is 0. The number of carbonyl (C=O) groups is 2. The molecule has 2 rings (SSSR count). The summed E-state index contributed by atoms with van der Waals surface area (Å²) < 4.78 is 4.93. The summed E-state index contributed by atoms with van der Waals surface area (Å²) in [7, 11) is 0. The van der Waals surface area contributed by atoms with Gasteiger partial charge in [-0.1, -0.05) is 0 Å². The van der Waals surface area contributed by atoms with Gasteiger partial charge in [-0.25, -0.2) is 9.97 Å². The highest BCUT2D eigenvalue weighted by atomic mass is 16.3. The summed E-state index contributed by atoms with van der Waals surface area (Å²) in [4.78, 5) is 30.6. The highest BCUT2D eigenvalue weighted by molar-refractivity contribution is 5.92. The van der Waals surface area contributed by atoms with E-state index >= 15 is 0 Å². The fraction of sp³-hybridized carbons (Fsp3) is 0.167. The SMILES string of the molecule is O=C(NCCNC(=O)c1ccco1)c1ccncn1. The highest BCUT2D eigenvalue weighted by Gasteiger charge is 2.08. The predicted molar refractivity (Wildman–Crippen MR) is 65.4 cm³/mol. The molecule has 0 bridgehead atoms. The Morgan fingerprint density at radius 3 is 2.58 bits per heavy atom. The van der Waals surface area contributed by atoms with Crippen molar-refractivity contribution in [2.45, 2.75) is 0 Å². The molecule has 0 saturated carbocycles. The molecule has 2 N–H and O–H groups in total. The quantitative estimate of drug-likeness (QED) is 0.750. The van der Waals surface area contributed by atoms with Crippen LogP contribution in [0.2, 0.25) is 0 Å². The van der Waals surface area contributed by atoms with Crippen molar-refractivity contribution < 1.29 is 14.0 Å². The summed E-state index contributed by atoms with van der Waals surface area (Å²) in [6, 6.07) is 4.71. The van der Waals surface area contributed by atoms with Crippen LogP contribution >= 0.6 is 0 Å². The van der Waals surface area contributed by atoms with E-state index in [1.54, 1.807) is 12.1 Å². The summed E-state index contributed by atoms with van der Waals surface area (Å²) in [5.41, 5.74) is 0.285. The number of rotatable bonds is 5. The molecule has 0 aliphatic carbocycles. The summed E-state index contributed by atoms with van der Waals surface area (Å²) in [6.45, 7) is 0.603. The van der Waals surface area contributed by atoms with Crippen molar-refractivity contribution in [2.75, 3.05) is 13.1 Å². The normalized spacial score (nSPS) is 9.89. The number of aromatic nitrogens is 2. The Labute approximate surface area is 109 Å². The fourth-order valence-corrected chi connectivity index (χ4v) is 1.36. The minimum Gasteiger partial charge on any atom is -0.459 e. The Balaban J connectivity index is 1.70. The van der Waals surface area contributed by atoms with Crippen molar-refractivity contribution in [3.8, 4) is 0 Å². The van der Waals surface area contributed by atoms with Gasteiger partial charge in [0.1, 0.15) is 12.0 Å². The van der Waals surface area contributed by atoms with Gasteiger partial charge < -0.3 is 15.1 Å². The molecule has 0 aliphatic heterocycles. The predicted octanol–water partition coefficient (Wildman–Crippen LogP) is 0.229. The van der Waals surface area contributed by atoms with Crippen LogP contribution in [0.1, 0.15) is 21.0 Å². The molecule has 7 heteroatoms. The Hall–Kier alpha value is -2.70. The van der Waals surface area contributed by atoms with Crippen LogP contribution in [-0.2, 0) is 0 Å². The number of hydrogen-bond acceptors (Lipinski definition) is 5. The van der Waals surface area contributed by atoms with E-state index < -0.39 is 0 Å². The zero-order valence-electron chi connectivity index (χ0n) is 10.00. The van der Waals surface area contributed by atoms with Crippen molar-refractivity contribution in [3.63, 3.8) is 0 Å². The van der Waals surface area contributed by atoms with E-state index in [0.717, 1.165) is 0 Å². The van der Waals surface area contributed by atoms with Gasteiger partial charge in [0.15, 0.2) is 5.76 Å². The maximum absolute atomic E-state index is 11.6. The highest BCUT2D eigenvalue weighted by Crippen LogP contribution is 1.98.